The topological polar surface area (TPSA) is 0 Å². The highest BCUT2D eigenvalue weighted by Crippen LogP contribution is 2.38. The first-order valence-corrected chi connectivity index (χ1v) is 9.74. The molecule has 0 fully saturated rings. The Morgan fingerprint density at radius 2 is 1.62 bits per heavy atom. The molecule has 4 rings (SSSR count). The van der Waals surface area contributed by atoms with Crippen molar-refractivity contribution in [1.82, 2.24) is 0 Å². The second-order valence-corrected chi connectivity index (χ2v) is 7.49. The second-order valence-electron chi connectivity index (χ2n) is 7.06. The quantitative estimate of drug-likeness (QED) is 0.457. The molecule has 26 heavy (non-hydrogen) atoms. The third kappa shape index (κ3) is 3.17. The fraction of sp³-hybridized carbons (Fsp3) is 0.250. The Labute approximate surface area is 159 Å². The van der Waals surface area contributed by atoms with E-state index in [1.807, 2.05) is 30.3 Å². The molecule has 0 aliphatic heterocycles. The predicted octanol–water partition coefficient (Wildman–Crippen LogP) is 7.25. The number of rotatable bonds is 4. The van der Waals surface area contributed by atoms with Crippen LogP contribution in [0.1, 0.15) is 36.5 Å². The van der Waals surface area contributed by atoms with Crippen LogP contribution < -0.4 is 0 Å². The minimum absolute atomic E-state index is 0.0921. The van der Waals surface area contributed by atoms with Gasteiger partial charge in [-0.2, -0.15) is 0 Å². The van der Waals surface area contributed by atoms with Crippen molar-refractivity contribution in [3.63, 3.8) is 0 Å². The van der Waals surface area contributed by atoms with Crippen molar-refractivity contribution in [3.05, 3.63) is 82.1 Å². The van der Waals surface area contributed by atoms with Gasteiger partial charge in [-0.25, -0.2) is 4.39 Å². The van der Waals surface area contributed by atoms with Gasteiger partial charge in [0.1, 0.15) is 5.82 Å². The highest BCUT2D eigenvalue weighted by molar-refractivity contribution is 6.30. The summed E-state index contributed by atoms with van der Waals surface area (Å²) in [5.41, 5.74) is 7.35. The zero-order chi connectivity index (χ0) is 18.1. The smallest absolute Gasteiger partial charge is 0.134 e. The van der Waals surface area contributed by atoms with E-state index in [1.54, 1.807) is 0 Å². The van der Waals surface area contributed by atoms with Gasteiger partial charge in [-0.15, -0.1) is 0 Å². The maximum atomic E-state index is 15.2. The molecule has 3 aromatic rings. The molecule has 0 N–H and O–H groups in total. The van der Waals surface area contributed by atoms with Gasteiger partial charge in [-0.1, -0.05) is 67.4 Å². The van der Waals surface area contributed by atoms with Crippen LogP contribution in [-0.4, -0.2) is 0 Å². The lowest BCUT2D eigenvalue weighted by Gasteiger charge is -2.22. The molecule has 0 atom stereocenters. The van der Waals surface area contributed by atoms with Crippen molar-refractivity contribution in [3.8, 4) is 22.3 Å². The van der Waals surface area contributed by atoms with Crippen LogP contribution in [0.2, 0.25) is 5.02 Å². The molecule has 3 aromatic carbocycles. The SMILES string of the molecule is CCCCc1ccc2c(c1)CCc1c-2ccc(-c2ccc(Cl)cc2)c1F. The standard InChI is InChI=1S/C24H22ClF/c1-2-3-4-16-5-11-20-18(15-16)8-12-23-22(20)14-13-21(24(23)26)17-6-9-19(25)10-7-17/h5-7,9-11,13-15H,2-4,8,12H2,1H3. The molecule has 0 heterocycles. The first-order chi connectivity index (χ1) is 12.7. The van der Waals surface area contributed by atoms with Gasteiger partial charge in [0.15, 0.2) is 0 Å². The lowest BCUT2D eigenvalue weighted by atomic mass is 9.82. The molecular formula is C24H22ClF. The first kappa shape index (κ1) is 17.3. The highest BCUT2D eigenvalue weighted by atomic mass is 35.5. The highest BCUT2D eigenvalue weighted by Gasteiger charge is 2.21. The van der Waals surface area contributed by atoms with Gasteiger partial charge in [0, 0.05) is 10.6 Å². The maximum absolute atomic E-state index is 15.2. The molecule has 1 aliphatic rings. The van der Waals surface area contributed by atoms with Gasteiger partial charge < -0.3 is 0 Å². The van der Waals surface area contributed by atoms with E-state index in [4.69, 9.17) is 11.6 Å². The van der Waals surface area contributed by atoms with Crippen LogP contribution in [0.5, 0.6) is 0 Å². The van der Waals surface area contributed by atoms with Crippen molar-refractivity contribution >= 4 is 11.6 Å². The van der Waals surface area contributed by atoms with E-state index in [0.717, 1.165) is 36.0 Å². The number of aryl methyl sites for hydroxylation is 2. The summed E-state index contributed by atoms with van der Waals surface area (Å²) < 4.78 is 15.2. The van der Waals surface area contributed by atoms with Crippen LogP contribution in [-0.2, 0) is 19.3 Å². The van der Waals surface area contributed by atoms with Crippen molar-refractivity contribution in [2.75, 3.05) is 0 Å². The van der Waals surface area contributed by atoms with E-state index >= 15 is 4.39 Å². The molecule has 0 unspecified atom stereocenters. The summed E-state index contributed by atoms with van der Waals surface area (Å²) in [6, 6.07) is 18.1. The van der Waals surface area contributed by atoms with Crippen LogP contribution in [0.25, 0.3) is 22.3 Å². The average Bonchev–Trinajstić information content (AvgIpc) is 2.67. The summed E-state index contributed by atoms with van der Waals surface area (Å²) in [6.07, 6.45) is 5.21. The Hall–Kier alpha value is -2.12. The monoisotopic (exact) mass is 364 g/mol. The van der Waals surface area contributed by atoms with Gasteiger partial charge in [-0.3, -0.25) is 0 Å². The molecule has 132 valence electrons. The Balaban J connectivity index is 1.74. The number of halogens is 2. The molecule has 0 aromatic heterocycles. The molecule has 0 radical (unpaired) electrons. The average molecular weight is 365 g/mol. The summed E-state index contributed by atoms with van der Waals surface area (Å²) in [7, 11) is 0. The van der Waals surface area contributed by atoms with Gasteiger partial charge in [0.25, 0.3) is 0 Å². The third-order valence-corrected chi connectivity index (χ3v) is 5.57. The van der Waals surface area contributed by atoms with Crippen LogP contribution in [0.3, 0.4) is 0 Å². The van der Waals surface area contributed by atoms with Gasteiger partial charge in [0.2, 0.25) is 0 Å². The van der Waals surface area contributed by atoms with E-state index in [-0.39, 0.29) is 5.82 Å². The third-order valence-electron chi connectivity index (χ3n) is 5.32. The summed E-state index contributed by atoms with van der Waals surface area (Å²) in [6.45, 7) is 2.22. The van der Waals surface area contributed by atoms with Gasteiger partial charge >= 0.3 is 0 Å². The van der Waals surface area contributed by atoms with E-state index in [2.05, 4.69) is 31.2 Å². The summed E-state index contributed by atoms with van der Waals surface area (Å²) in [5, 5.41) is 0.667. The van der Waals surface area contributed by atoms with E-state index in [1.165, 1.54) is 29.5 Å². The second kappa shape index (κ2) is 7.25. The van der Waals surface area contributed by atoms with Crippen molar-refractivity contribution in [2.24, 2.45) is 0 Å². The minimum atomic E-state index is -0.0921. The van der Waals surface area contributed by atoms with Crippen molar-refractivity contribution < 1.29 is 4.39 Å². The van der Waals surface area contributed by atoms with Crippen LogP contribution >= 0.6 is 11.6 Å². The summed E-state index contributed by atoms with van der Waals surface area (Å²) in [4.78, 5) is 0. The van der Waals surface area contributed by atoms with E-state index in [9.17, 15) is 0 Å². The zero-order valence-electron chi connectivity index (χ0n) is 15.0. The van der Waals surface area contributed by atoms with Crippen molar-refractivity contribution in [1.29, 1.82) is 0 Å². The normalized spacial score (nSPS) is 12.6. The molecule has 0 amide bonds. The maximum Gasteiger partial charge on any atom is 0.134 e. The Bertz CT molecular complexity index is 941. The Kier molecular flexibility index (Phi) is 4.82. The molecule has 0 nitrogen and oxygen atoms in total. The molecule has 1 aliphatic carbocycles. The molecule has 0 bridgehead atoms. The van der Waals surface area contributed by atoms with Crippen molar-refractivity contribution in [2.45, 2.75) is 39.0 Å². The number of fused-ring (bicyclic) bond motifs is 3. The minimum Gasteiger partial charge on any atom is -0.206 e. The fourth-order valence-electron chi connectivity index (χ4n) is 3.88. The van der Waals surface area contributed by atoms with E-state index < -0.39 is 0 Å². The van der Waals surface area contributed by atoms with E-state index in [0.29, 0.717) is 10.6 Å². The molecule has 0 spiro atoms. The van der Waals surface area contributed by atoms with Gasteiger partial charge in [0.05, 0.1) is 0 Å². The predicted molar refractivity (Wildman–Crippen MR) is 108 cm³/mol. The first-order valence-electron chi connectivity index (χ1n) is 9.37. The largest absolute Gasteiger partial charge is 0.206 e. The number of hydrogen-bond acceptors (Lipinski definition) is 0. The van der Waals surface area contributed by atoms with Crippen LogP contribution in [0.4, 0.5) is 4.39 Å². The lowest BCUT2D eigenvalue weighted by Crippen LogP contribution is -2.08. The molecule has 2 heteroatoms. The Morgan fingerprint density at radius 1 is 0.885 bits per heavy atom. The zero-order valence-corrected chi connectivity index (χ0v) is 15.7. The number of benzene rings is 3. The Morgan fingerprint density at radius 3 is 2.38 bits per heavy atom. The molecule has 0 saturated carbocycles. The lowest BCUT2D eigenvalue weighted by molar-refractivity contribution is 0.611. The van der Waals surface area contributed by atoms with Crippen LogP contribution in [0, 0.1) is 5.82 Å². The summed E-state index contributed by atoms with van der Waals surface area (Å²) in [5.74, 6) is -0.0921. The summed E-state index contributed by atoms with van der Waals surface area (Å²) >= 11 is 5.96. The molecular weight excluding hydrogens is 343 g/mol. The van der Waals surface area contributed by atoms with Gasteiger partial charge in [-0.05, 0) is 71.2 Å². The fourth-order valence-corrected chi connectivity index (χ4v) is 4.01. The van der Waals surface area contributed by atoms with Crippen LogP contribution in [0.15, 0.2) is 54.6 Å². The molecule has 0 saturated heterocycles. The number of unbranched alkanes of at least 4 members (excludes halogenated alkanes) is 1. The number of hydrogen-bond donors (Lipinski definition) is 0.